The van der Waals surface area contributed by atoms with Gasteiger partial charge in [-0.05, 0) is 19.4 Å². The molecule has 1 unspecified atom stereocenters. The molecule has 1 aliphatic heterocycles. The second-order valence-electron chi connectivity index (χ2n) is 2.61. The average molecular weight is 143 g/mol. The summed E-state index contributed by atoms with van der Waals surface area (Å²) in [5, 5.41) is 8.58. The lowest BCUT2D eigenvalue weighted by molar-refractivity contribution is -0.111. The Labute approximate surface area is 60.6 Å². The number of carbonyl (C=O) groups is 1. The Morgan fingerprint density at radius 3 is 3.10 bits per heavy atom. The molecule has 0 aromatic carbocycles. The smallest absolute Gasteiger partial charge is 0.137 e. The summed E-state index contributed by atoms with van der Waals surface area (Å²) in [5.74, 6) is 0. The van der Waals surface area contributed by atoms with Crippen LogP contribution in [0.3, 0.4) is 0 Å². The van der Waals surface area contributed by atoms with Crippen molar-refractivity contribution in [1.29, 1.82) is 0 Å². The van der Waals surface area contributed by atoms with Gasteiger partial charge in [-0.3, -0.25) is 4.90 Å². The Balaban J connectivity index is 2.34. The minimum absolute atomic E-state index is 0.0761. The van der Waals surface area contributed by atoms with Crippen molar-refractivity contribution in [2.45, 2.75) is 18.9 Å². The molecule has 3 nitrogen and oxygen atoms in total. The summed E-state index contributed by atoms with van der Waals surface area (Å²) >= 11 is 0. The Hall–Kier alpha value is -0.410. The molecular formula is C7H13NO2. The first-order chi connectivity index (χ1) is 4.88. The standard InChI is InChI=1S/C7H13NO2/c9-5-4-8-3-1-2-7(8)6-10/h6-7,9H,1-5H2. The lowest BCUT2D eigenvalue weighted by atomic mass is 10.2. The fourth-order valence-corrected chi connectivity index (χ4v) is 1.41. The van der Waals surface area contributed by atoms with Gasteiger partial charge in [0.2, 0.25) is 0 Å². The quantitative estimate of drug-likeness (QED) is 0.548. The number of hydrogen-bond donors (Lipinski definition) is 1. The zero-order chi connectivity index (χ0) is 7.40. The van der Waals surface area contributed by atoms with Crippen molar-refractivity contribution in [3.63, 3.8) is 0 Å². The van der Waals surface area contributed by atoms with Gasteiger partial charge in [0.15, 0.2) is 0 Å². The zero-order valence-electron chi connectivity index (χ0n) is 5.99. The van der Waals surface area contributed by atoms with Crippen LogP contribution in [-0.2, 0) is 4.79 Å². The molecule has 0 aliphatic carbocycles. The number of aliphatic hydroxyl groups excluding tert-OH is 1. The van der Waals surface area contributed by atoms with E-state index in [2.05, 4.69) is 0 Å². The van der Waals surface area contributed by atoms with Gasteiger partial charge in [-0.2, -0.15) is 0 Å². The van der Waals surface area contributed by atoms with Crippen LogP contribution < -0.4 is 0 Å². The number of hydrogen-bond acceptors (Lipinski definition) is 3. The predicted octanol–water partition coefficient (Wildman–Crippen LogP) is -0.358. The van der Waals surface area contributed by atoms with Crippen LogP contribution >= 0.6 is 0 Å². The third kappa shape index (κ3) is 1.55. The number of rotatable bonds is 3. The lowest BCUT2D eigenvalue weighted by Gasteiger charge is -2.17. The van der Waals surface area contributed by atoms with E-state index in [1.165, 1.54) is 0 Å². The average Bonchev–Trinajstić information content (AvgIpc) is 2.36. The van der Waals surface area contributed by atoms with Gasteiger partial charge >= 0.3 is 0 Å². The van der Waals surface area contributed by atoms with E-state index in [4.69, 9.17) is 5.11 Å². The third-order valence-electron chi connectivity index (χ3n) is 1.96. The maximum Gasteiger partial charge on any atom is 0.137 e. The van der Waals surface area contributed by atoms with Crippen LogP contribution in [0.4, 0.5) is 0 Å². The molecule has 3 heteroatoms. The number of likely N-dealkylation sites (tertiary alicyclic amines) is 1. The summed E-state index contributed by atoms with van der Waals surface area (Å²) < 4.78 is 0. The fourth-order valence-electron chi connectivity index (χ4n) is 1.41. The van der Waals surface area contributed by atoms with Crippen molar-refractivity contribution in [2.75, 3.05) is 19.7 Å². The van der Waals surface area contributed by atoms with Crippen molar-refractivity contribution in [1.82, 2.24) is 4.90 Å². The molecule has 0 amide bonds. The normalized spacial score (nSPS) is 27.1. The number of aliphatic hydroxyl groups is 1. The molecule has 1 aliphatic rings. The fraction of sp³-hybridized carbons (Fsp3) is 0.857. The molecule has 1 N–H and O–H groups in total. The van der Waals surface area contributed by atoms with Gasteiger partial charge in [0, 0.05) is 6.54 Å². The Morgan fingerprint density at radius 2 is 2.50 bits per heavy atom. The minimum Gasteiger partial charge on any atom is -0.395 e. The van der Waals surface area contributed by atoms with Crippen LogP contribution in [0.25, 0.3) is 0 Å². The molecule has 1 heterocycles. The largest absolute Gasteiger partial charge is 0.395 e. The van der Waals surface area contributed by atoms with E-state index < -0.39 is 0 Å². The van der Waals surface area contributed by atoms with Gasteiger partial charge in [0.1, 0.15) is 6.29 Å². The highest BCUT2D eigenvalue weighted by atomic mass is 16.3. The van der Waals surface area contributed by atoms with Crippen LogP contribution in [0.1, 0.15) is 12.8 Å². The first-order valence-corrected chi connectivity index (χ1v) is 3.68. The molecule has 0 saturated carbocycles. The Bertz CT molecular complexity index is 116. The molecule has 0 aromatic rings. The molecule has 0 bridgehead atoms. The molecule has 0 aromatic heterocycles. The summed E-state index contributed by atoms with van der Waals surface area (Å²) in [7, 11) is 0. The molecule has 1 fully saturated rings. The van der Waals surface area contributed by atoms with E-state index in [0.717, 1.165) is 25.7 Å². The molecule has 1 saturated heterocycles. The monoisotopic (exact) mass is 143 g/mol. The summed E-state index contributed by atoms with van der Waals surface area (Å²) in [6.45, 7) is 1.76. The number of carbonyl (C=O) groups excluding carboxylic acids is 1. The second-order valence-corrected chi connectivity index (χ2v) is 2.61. The third-order valence-corrected chi connectivity index (χ3v) is 1.96. The first kappa shape index (κ1) is 7.69. The van der Waals surface area contributed by atoms with Gasteiger partial charge in [-0.15, -0.1) is 0 Å². The summed E-state index contributed by atoms with van der Waals surface area (Å²) in [5.41, 5.74) is 0. The van der Waals surface area contributed by atoms with Crippen LogP contribution in [0.2, 0.25) is 0 Å². The molecule has 1 atom stereocenters. The van der Waals surface area contributed by atoms with Crippen molar-refractivity contribution in [3.8, 4) is 0 Å². The van der Waals surface area contributed by atoms with E-state index >= 15 is 0 Å². The highest BCUT2D eigenvalue weighted by Crippen LogP contribution is 2.13. The number of aldehydes is 1. The van der Waals surface area contributed by atoms with E-state index in [0.29, 0.717) is 6.54 Å². The summed E-state index contributed by atoms with van der Waals surface area (Å²) in [6, 6.07) is 0.0761. The summed E-state index contributed by atoms with van der Waals surface area (Å²) in [6.07, 6.45) is 3.02. The van der Waals surface area contributed by atoms with E-state index in [1.54, 1.807) is 0 Å². The minimum atomic E-state index is 0.0761. The second kappa shape index (κ2) is 3.68. The lowest BCUT2D eigenvalue weighted by Crippen LogP contribution is -2.32. The molecule has 1 rings (SSSR count). The van der Waals surface area contributed by atoms with Crippen LogP contribution in [0, 0.1) is 0 Å². The predicted molar refractivity (Wildman–Crippen MR) is 37.7 cm³/mol. The van der Waals surface area contributed by atoms with E-state index in [9.17, 15) is 4.79 Å². The van der Waals surface area contributed by atoms with Crippen LogP contribution in [0.15, 0.2) is 0 Å². The highest BCUT2D eigenvalue weighted by Gasteiger charge is 2.22. The topological polar surface area (TPSA) is 40.5 Å². The van der Waals surface area contributed by atoms with Gasteiger partial charge in [-0.1, -0.05) is 0 Å². The molecule has 58 valence electrons. The molecule has 0 radical (unpaired) electrons. The van der Waals surface area contributed by atoms with Crippen molar-refractivity contribution in [3.05, 3.63) is 0 Å². The molecule has 10 heavy (non-hydrogen) atoms. The van der Waals surface area contributed by atoms with E-state index in [1.807, 2.05) is 4.90 Å². The van der Waals surface area contributed by atoms with Gasteiger partial charge in [0.05, 0.1) is 12.6 Å². The maximum atomic E-state index is 10.4. The number of β-amino-alcohol motifs (C(OH)–C–C–N with tert-alkyl or cyclic N) is 1. The molecular weight excluding hydrogens is 130 g/mol. The van der Waals surface area contributed by atoms with Crippen molar-refractivity contribution >= 4 is 6.29 Å². The highest BCUT2D eigenvalue weighted by molar-refractivity contribution is 5.58. The SMILES string of the molecule is O=CC1CCCN1CCO. The van der Waals surface area contributed by atoms with Crippen molar-refractivity contribution < 1.29 is 9.90 Å². The summed E-state index contributed by atoms with van der Waals surface area (Å²) in [4.78, 5) is 12.4. The van der Waals surface area contributed by atoms with Gasteiger partial charge in [-0.25, -0.2) is 0 Å². The maximum absolute atomic E-state index is 10.4. The van der Waals surface area contributed by atoms with Crippen LogP contribution in [0.5, 0.6) is 0 Å². The number of nitrogens with zero attached hydrogens (tertiary/aromatic N) is 1. The van der Waals surface area contributed by atoms with Crippen LogP contribution in [-0.4, -0.2) is 42.0 Å². The van der Waals surface area contributed by atoms with Gasteiger partial charge < -0.3 is 9.90 Å². The van der Waals surface area contributed by atoms with E-state index in [-0.39, 0.29) is 12.6 Å². The zero-order valence-corrected chi connectivity index (χ0v) is 5.99. The van der Waals surface area contributed by atoms with Gasteiger partial charge in [0.25, 0.3) is 0 Å². The first-order valence-electron chi connectivity index (χ1n) is 3.68. The Kier molecular flexibility index (Phi) is 2.83. The Morgan fingerprint density at radius 1 is 1.70 bits per heavy atom. The molecule has 0 spiro atoms. The van der Waals surface area contributed by atoms with Crippen molar-refractivity contribution in [2.24, 2.45) is 0 Å².